The fraction of sp³-hybridized carbons (Fsp3) is 0.0769. The summed E-state index contributed by atoms with van der Waals surface area (Å²) in [6, 6.07) is 10.4. The van der Waals surface area contributed by atoms with Gasteiger partial charge in [-0.3, -0.25) is 20.2 Å². The molecule has 0 aliphatic rings. The van der Waals surface area contributed by atoms with Crippen molar-refractivity contribution in [1.82, 2.24) is 15.2 Å². The Labute approximate surface area is 128 Å². The second kappa shape index (κ2) is 5.67. The second-order valence-corrected chi connectivity index (χ2v) is 4.60. The largest absolute Gasteiger partial charge is 0.390 e. The molecular weight excluding hydrogens is 306 g/mol. The van der Waals surface area contributed by atoms with E-state index in [9.17, 15) is 20.2 Å². The third kappa shape index (κ3) is 2.90. The molecule has 10 nitrogen and oxygen atoms in total. The van der Waals surface area contributed by atoms with Crippen molar-refractivity contribution in [3.05, 3.63) is 68.3 Å². The van der Waals surface area contributed by atoms with Crippen molar-refractivity contribution in [2.24, 2.45) is 0 Å². The first-order valence-electron chi connectivity index (χ1n) is 6.41. The van der Waals surface area contributed by atoms with E-state index in [0.29, 0.717) is 11.0 Å². The predicted octanol–water partition coefficient (Wildman–Crippen LogP) is 1.88. The molecule has 23 heavy (non-hydrogen) atoms. The fourth-order valence-electron chi connectivity index (χ4n) is 2.03. The van der Waals surface area contributed by atoms with Crippen molar-refractivity contribution < 1.29 is 14.7 Å². The molecule has 3 rings (SSSR count). The van der Waals surface area contributed by atoms with Crippen LogP contribution < -0.4 is 4.84 Å². The zero-order valence-corrected chi connectivity index (χ0v) is 11.5. The molecule has 0 saturated carbocycles. The number of nitro benzene ring substituents is 2. The summed E-state index contributed by atoms with van der Waals surface area (Å²) in [4.78, 5) is 26.9. The van der Waals surface area contributed by atoms with Crippen molar-refractivity contribution in [2.45, 2.75) is 6.61 Å². The first-order chi connectivity index (χ1) is 11.0. The molecule has 116 valence electrons. The van der Waals surface area contributed by atoms with Crippen molar-refractivity contribution >= 4 is 22.4 Å². The maximum Gasteiger partial charge on any atom is 0.276 e. The molecule has 0 radical (unpaired) electrons. The Morgan fingerprint density at radius 2 is 1.70 bits per heavy atom. The van der Waals surface area contributed by atoms with E-state index in [1.54, 1.807) is 24.3 Å². The third-order valence-corrected chi connectivity index (χ3v) is 3.06. The van der Waals surface area contributed by atoms with Gasteiger partial charge >= 0.3 is 0 Å². The normalized spacial score (nSPS) is 10.6. The Morgan fingerprint density at radius 1 is 1.04 bits per heavy atom. The lowest BCUT2D eigenvalue weighted by atomic mass is 10.2. The van der Waals surface area contributed by atoms with Gasteiger partial charge < -0.3 is 4.84 Å². The first-order valence-corrected chi connectivity index (χ1v) is 6.41. The molecule has 0 bridgehead atoms. The number of hydrogen-bond donors (Lipinski definition) is 0. The lowest BCUT2D eigenvalue weighted by molar-refractivity contribution is -0.394. The van der Waals surface area contributed by atoms with E-state index in [0.717, 1.165) is 6.07 Å². The number of fused-ring (bicyclic) bond motifs is 1. The first kappa shape index (κ1) is 14.4. The highest BCUT2D eigenvalue weighted by atomic mass is 16.7. The van der Waals surface area contributed by atoms with E-state index in [1.807, 2.05) is 0 Å². The van der Waals surface area contributed by atoms with Gasteiger partial charge in [0.2, 0.25) is 0 Å². The quantitative estimate of drug-likeness (QED) is 0.519. The van der Waals surface area contributed by atoms with Gasteiger partial charge in [-0.1, -0.05) is 17.0 Å². The molecule has 0 atom stereocenters. The van der Waals surface area contributed by atoms with Gasteiger partial charge in [0, 0.05) is 17.7 Å². The Hall–Kier alpha value is -3.56. The zero-order valence-electron chi connectivity index (χ0n) is 11.5. The minimum Gasteiger partial charge on any atom is -0.390 e. The lowest BCUT2D eigenvalue weighted by Crippen LogP contribution is -2.13. The average Bonchev–Trinajstić information content (AvgIpc) is 2.95. The van der Waals surface area contributed by atoms with Crippen molar-refractivity contribution in [2.75, 3.05) is 0 Å². The minimum absolute atomic E-state index is 0.129. The van der Waals surface area contributed by atoms with Crippen LogP contribution in [-0.2, 0) is 6.61 Å². The van der Waals surface area contributed by atoms with Crippen LogP contribution in [0.4, 0.5) is 11.4 Å². The number of rotatable bonds is 5. The van der Waals surface area contributed by atoms with Crippen LogP contribution in [0, 0.1) is 20.2 Å². The highest BCUT2D eigenvalue weighted by Crippen LogP contribution is 2.23. The summed E-state index contributed by atoms with van der Waals surface area (Å²) >= 11 is 0. The monoisotopic (exact) mass is 315 g/mol. The topological polar surface area (TPSA) is 126 Å². The Balaban J connectivity index is 1.87. The summed E-state index contributed by atoms with van der Waals surface area (Å²) in [6.07, 6.45) is 0. The highest BCUT2D eigenvalue weighted by molar-refractivity contribution is 5.73. The van der Waals surface area contributed by atoms with Gasteiger partial charge in [-0.05, 0) is 17.3 Å². The molecule has 0 amide bonds. The van der Waals surface area contributed by atoms with Crippen LogP contribution in [0.5, 0.6) is 0 Å². The summed E-state index contributed by atoms with van der Waals surface area (Å²) in [5, 5.41) is 29.4. The van der Waals surface area contributed by atoms with Crippen molar-refractivity contribution in [3.63, 3.8) is 0 Å². The second-order valence-electron chi connectivity index (χ2n) is 4.60. The fourth-order valence-corrected chi connectivity index (χ4v) is 2.03. The van der Waals surface area contributed by atoms with Gasteiger partial charge in [0.25, 0.3) is 11.4 Å². The van der Waals surface area contributed by atoms with E-state index >= 15 is 0 Å². The Kier molecular flexibility index (Phi) is 3.55. The number of hydrogen-bond acceptors (Lipinski definition) is 7. The summed E-state index contributed by atoms with van der Waals surface area (Å²) in [5.41, 5.74) is 0.776. The van der Waals surface area contributed by atoms with Gasteiger partial charge in [-0.25, -0.2) is 0 Å². The Bertz CT molecular complexity index is 874. The number of aromatic nitrogens is 3. The van der Waals surface area contributed by atoms with Crippen LogP contribution in [0.25, 0.3) is 11.0 Å². The molecule has 0 fully saturated rings. The smallest absolute Gasteiger partial charge is 0.276 e. The summed E-state index contributed by atoms with van der Waals surface area (Å²) in [5.74, 6) is 0. The van der Waals surface area contributed by atoms with Gasteiger partial charge in [-0.2, -0.15) is 0 Å². The molecular formula is C13H9N5O5. The summed E-state index contributed by atoms with van der Waals surface area (Å²) in [7, 11) is 0. The standard InChI is InChI=1S/C13H9N5O5/c19-17(20)10-5-9(6-11(7-10)18(21)22)8-23-16-13-4-2-1-3-12(13)14-15-16/h1-7H,8H2. The predicted molar refractivity (Wildman–Crippen MR) is 77.6 cm³/mol. The molecule has 0 saturated heterocycles. The maximum atomic E-state index is 10.9. The van der Waals surface area contributed by atoms with Gasteiger partial charge in [-0.15, -0.1) is 5.10 Å². The van der Waals surface area contributed by atoms with E-state index in [4.69, 9.17) is 4.84 Å². The van der Waals surface area contributed by atoms with Crippen LogP contribution in [-0.4, -0.2) is 25.0 Å². The molecule has 0 aliphatic heterocycles. The van der Waals surface area contributed by atoms with Gasteiger partial charge in [0.05, 0.1) is 15.9 Å². The molecule has 3 aromatic rings. The number of benzene rings is 2. The van der Waals surface area contributed by atoms with Crippen molar-refractivity contribution in [1.29, 1.82) is 0 Å². The molecule has 0 unspecified atom stereocenters. The lowest BCUT2D eigenvalue weighted by Gasteiger charge is -2.05. The molecule has 1 aromatic heterocycles. The molecule has 0 N–H and O–H groups in total. The van der Waals surface area contributed by atoms with Gasteiger partial charge in [0.15, 0.2) is 0 Å². The zero-order chi connectivity index (χ0) is 16.4. The van der Waals surface area contributed by atoms with E-state index in [-0.39, 0.29) is 23.5 Å². The summed E-state index contributed by atoms with van der Waals surface area (Å²) in [6.45, 7) is -0.129. The molecule has 0 spiro atoms. The van der Waals surface area contributed by atoms with Crippen LogP contribution in [0.15, 0.2) is 42.5 Å². The molecule has 2 aromatic carbocycles. The molecule has 10 heteroatoms. The van der Waals surface area contributed by atoms with E-state index in [1.165, 1.54) is 17.0 Å². The van der Waals surface area contributed by atoms with Crippen LogP contribution in [0.1, 0.15) is 5.56 Å². The molecule has 0 aliphatic carbocycles. The minimum atomic E-state index is -0.693. The molecule has 1 heterocycles. The van der Waals surface area contributed by atoms with Gasteiger partial charge in [0.1, 0.15) is 17.6 Å². The van der Waals surface area contributed by atoms with E-state index in [2.05, 4.69) is 10.3 Å². The Morgan fingerprint density at radius 3 is 2.35 bits per heavy atom. The van der Waals surface area contributed by atoms with E-state index < -0.39 is 9.85 Å². The number of nitro groups is 2. The van der Waals surface area contributed by atoms with Crippen LogP contribution >= 0.6 is 0 Å². The average molecular weight is 315 g/mol. The number of nitrogens with zero attached hydrogens (tertiary/aromatic N) is 5. The van der Waals surface area contributed by atoms with Crippen molar-refractivity contribution in [3.8, 4) is 0 Å². The number of para-hydroxylation sites is 1. The number of non-ortho nitro benzene ring substituents is 2. The summed E-state index contributed by atoms with van der Waals surface area (Å²) < 4.78 is 0. The van der Waals surface area contributed by atoms with Crippen LogP contribution in [0.3, 0.4) is 0 Å². The maximum absolute atomic E-state index is 10.9. The highest BCUT2D eigenvalue weighted by Gasteiger charge is 2.17. The van der Waals surface area contributed by atoms with Crippen LogP contribution in [0.2, 0.25) is 0 Å². The SMILES string of the molecule is O=[N+]([O-])c1cc(COn2nnc3ccccc32)cc([N+](=O)[O-])c1. The third-order valence-electron chi connectivity index (χ3n) is 3.06.